The molecule has 0 radical (unpaired) electrons. The van der Waals surface area contributed by atoms with Crippen LogP contribution < -0.4 is 5.32 Å². The molecule has 0 saturated heterocycles. The molecule has 1 aromatic rings. The first-order valence-electron chi connectivity index (χ1n) is 4.83. The second kappa shape index (κ2) is 3.79. The highest BCUT2D eigenvalue weighted by Gasteiger charge is 2.20. The van der Waals surface area contributed by atoms with Crippen LogP contribution in [-0.4, -0.2) is 6.23 Å². The lowest BCUT2D eigenvalue weighted by atomic mass is 10.1. The second-order valence-electron chi connectivity index (χ2n) is 3.92. The molecule has 0 saturated carbocycles. The minimum absolute atomic E-state index is 0.0981. The van der Waals surface area contributed by atoms with Crippen LogP contribution in [0, 0.1) is 5.92 Å². The number of anilines is 1. The fourth-order valence-electron chi connectivity index (χ4n) is 1.54. The standard InChI is InChI=1S/C11H14ClNO/c1-7(2)11-13-10-5-9(12)4-3-8(10)6-14-11/h3-5,7,11,13H,6H2,1-2H3. The van der Waals surface area contributed by atoms with Gasteiger partial charge in [0.1, 0.15) is 6.23 Å². The van der Waals surface area contributed by atoms with Gasteiger partial charge in [-0.1, -0.05) is 31.5 Å². The Bertz CT molecular complexity index is 338. The van der Waals surface area contributed by atoms with E-state index in [1.165, 1.54) is 5.56 Å². The summed E-state index contributed by atoms with van der Waals surface area (Å²) in [5, 5.41) is 4.10. The molecule has 14 heavy (non-hydrogen) atoms. The number of benzene rings is 1. The van der Waals surface area contributed by atoms with E-state index in [1.54, 1.807) is 0 Å². The predicted molar refractivity (Wildman–Crippen MR) is 58.5 cm³/mol. The Kier molecular flexibility index (Phi) is 2.66. The Morgan fingerprint density at radius 2 is 2.29 bits per heavy atom. The van der Waals surface area contributed by atoms with Gasteiger partial charge in [-0.25, -0.2) is 0 Å². The molecule has 0 fully saturated rings. The van der Waals surface area contributed by atoms with E-state index in [-0.39, 0.29) is 6.23 Å². The summed E-state index contributed by atoms with van der Waals surface area (Å²) in [5.74, 6) is 0.460. The van der Waals surface area contributed by atoms with Gasteiger partial charge in [-0.3, -0.25) is 0 Å². The third-order valence-corrected chi connectivity index (χ3v) is 2.63. The Morgan fingerprint density at radius 1 is 1.50 bits per heavy atom. The monoisotopic (exact) mass is 211 g/mol. The molecule has 2 rings (SSSR count). The maximum absolute atomic E-state index is 5.92. The molecule has 1 N–H and O–H groups in total. The normalized spacial score (nSPS) is 20.4. The smallest absolute Gasteiger partial charge is 0.130 e. The molecule has 1 aliphatic rings. The van der Waals surface area contributed by atoms with Crippen LogP contribution in [0.25, 0.3) is 0 Å². The summed E-state index contributed by atoms with van der Waals surface area (Å²) >= 11 is 5.92. The SMILES string of the molecule is CC(C)C1Nc2cc(Cl)ccc2CO1. The highest BCUT2D eigenvalue weighted by atomic mass is 35.5. The molecule has 0 aromatic heterocycles. The van der Waals surface area contributed by atoms with E-state index in [1.807, 2.05) is 18.2 Å². The van der Waals surface area contributed by atoms with E-state index in [0.29, 0.717) is 12.5 Å². The molecule has 2 nitrogen and oxygen atoms in total. The van der Waals surface area contributed by atoms with Crippen molar-refractivity contribution in [3.8, 4) is 0 Å². The summed E-state index contributed by atoms with van der Waals surface area (Å²) in [6.07, 6.45) is 0.0981. The minimum atomic E-state index is 0.0981. The lowest BCUT2D eigenvalue weighted by molar-refractivity contribution is 0.0223. The number of rotatable bonds is 1. The average molecular weight is 212 g/mol. The number of fused-ring (bicyclic) bond motifs is 1. The third-order valence-electron chi connectivity index (χ3n) is 2.39. The summed E-state index contributed by atoms with van der Waals surface area (Å²) < 4.78 is 5.65. The zero-order chi connectivity index (χ0) is 10.1. The summed E-state index contributed by atoms with van der Waals surface area (Å²) in [6, 6.07) is 5.84. The molecule has 1 aliphatic heterocycles. The van der Waals surface area contributed by atoms with E-state index >= 15 is 0 Å². The van der Waals surface area contributed by atoms with Crippen LogP contribution in [0.5, 0.6) is 0 Å². The molecule has 1 unspecified atom stereocenters. The van der Waals surface area contributed by atoms with Gasteiger partial charge in [0.25, 0.3) is 0 Å². The van der Waals surface area contributed by atoms with Crippen LogP contribution in [-0.2, 0) is 11.3 Å². The summed E-state index contributed by atoms with van der Waals surface area (Å²) in [5.41, 5.74) is 2.27. The predicted octanol–water partition coefficient (Wildman–Crippen LogP) is 3.26. The molecule has 1 aromatic carbocycles. The van der Waals surface area contributed by atoms with Crippen molar-refractivity contribution in [2.45, 2.75) is 26.7 Å². The van der Waals surface area contributed by atoms with Gasteiger partial charge in [0.2, 0.25) is 0 Å². The van der Waals surface area contributed by atoms with Crippen LogP contribution in [0.3, 0.4) is 0 Å². The zero-order valence-corrected chi connectivity index (χ0v) is 9.14. The summed E-state index contributed by atoms with van der Waals surface area (Å²) in [6.45, 7) is 4.93. The number of hydrogen-bond acceptors (Lipinski definition) is 2. The molecule has 3 heteroatoms. The molecule has 1 heterocycles. The Balaban J connectivity index is 2.24. The summed E-state index contributed by atoms with van der Waals surface area (Å²) in [7, 11) is 0. The molecule has 0 spiro atoms. The van der Waals surface area contributed by atoms with Gasteiger partial charge < -0.3 is 10.1 Å². The zero-order valence-electron chi connectivity index (χ0n) is 8.38. The van der Waals surface area contributed by atoms with E-state index < -0.39 is 0 Å². The van der Waals surface area contributed by atoms with Gasteiger partial charge in [0.05, 0.1) is 6.61 Å². The van der Waals surface area contributed by atoms with Crippen molar-refractivity contribution < 1.29 is 4.74 Å². The highest BCUT2D eigenvalue weighted by molar-refractivity contribution is 6.30. The van der Waals surface area contributed by atoms with Crippen LogP contribution in [0.1, 0.15) is 19.4 Å². The maximum atomic E-state index is 5.92. The number of nitrogens with one attached hydrogen (secondary N) is 1. The van der Waals surface area contributed by atoms with E-state index in [2.05, 4.69) is 19.2 Å². The number of ether oxygens (including phenoxy) is 1. The average Bonchev–Trinajstić information content (AvgIpc) is 2.16. The van der Waals surface area contributed by atoms with Crippen LogP contribution >= 0.6 is 11.6 Å². The van der Waals surface area contributed by atoms with Gasteiger partial charge in [-0.15, -0.1) is 0 Å². The van der Waals surface area contributed by atoms with Gasteiger partial charge in [-0.2, -0.15) is 0 Å². The Labute approximate surface area is 89.2 Å². The lowest BCUT2D eigenvalue weighted by Crippen LogP contribution is -2.32. The molecule has 76 valence electrons. The van der Waals surface area contributed by atoms with Crippen molar-refractivity contribution in [1.82, 2.24) is 0 Å². The highest BCUT2D eigenvalue weighted by Crippen LogP contribution is 2.28. The molecular weight excluding hydrogens is 198 g/mol. The lowest BCUT2D eigenvalue weighted by Gasteiger charge is -2.30. The van der Waals surface area contributed by atoms with Gasteiger partial charge in [0.15, 0.2) is 0 Å². The molecule has 0 aliphatic carbocycles. The van der Waals surface area contributed by atoms with Crippen LogP contribution in [0.4, 0.5) is 5.69 Å². The first kappa shape index (κ1) is 9.81. The number of hydrogen-bond donors (Lipinski definition) is 1. The minimum Gasteiger partial charge on any atom is -0.360 e. The van der Waals surface area contributed by atoms with Gasteiger partial charge in [-0.05, 0) is 18.1 Å². The molecule has 0 bridgehead atoms. The van der Waals surface area contributed by atoms with Crippen molar-refractivity contribution in [1.29, 1.82) is 0 Å². The van der Waals surface area contributed by atoms with Gasteiger partial charge in [0, 0.05) is 16.3 Å². The topological polar surface area (TPSA) is 21.3 Å². The second-order valence-corrected chi connectivity index (χ2v) is 4.36. The van der Waals surface area contributed by atoms with Crippen molar-refractivity contribution >= 4 is 17.3 Å². The van der Waals surface area contributed by atoms with Crippen molar-refractivity contribution in [3.05, 3.63) is 28.8 Å². The quantitative estimate of drug-likeness (QED) is 0.770. The first-order valence-corrected chi connectivity index (χ1v) is 5.21. The fourth-order valence-corrected chi connectivity index (χ4v) is 1.71. The van der Waals surface area contributed by atoms with Crippen molar-refractivity contribution in [2.24, 2.45) is 5.92 Å². The van der Waals surface area contributed by atoms with E-state index in [4.69, 9.17) is 16.3 Å². The van der Waals surface area contributed by atoms with Crippen LogP contribution in [0.15, 0.2) is 18.2 Å². The fraction of sp³-hybridized carbons (Fsp3) is 0.455. The first-order chi connectivity index (χ1) is 6.66. The molecule has 1 atom stereocenters. The Hall–Kier alpha value is -0.730. The molecule has 0 amide bonds. The molecular formula is C11H14ClNO. The van der Waals surface area contributed by atoms with E-state index in [9.17, 15) is 0 Å². The van der Waals surface area contributed by atoms with Crippen molar-refractivity contribution in [3.63, 3.8) is 0 Å². The largest absolute Gasteiger partial charge is 0.360 e. The Morgan fingerprint density at radius 3 is 3.00 bits per heavy atom. The summed E-state index contributed by atoms with van der Waals surface area (Å²) in [4.78, 5) is 0. The van der Waals surface area contributed by atoms with Gasteiger partial charge >= 0.3 is 0 Å². The third kappa shape index (κ3) is 1.86. The maximum Gasteiger partial charge on any atom is 0.130 e. The van der Waals surface area contributed by atoms with Crippen LogP contribution in [0.2, 0.25) is 5.02 Å². The van der Waals surface area contributed by atoms with Crippen molar-refractivity contribution in [2.75, 3.05) is 5.32 Å². The van der Waals surface area contributed by atoms with E-state index in [0.717, 1.165) is 10.7 Å². The number of halogens is 1.